The topological polar surface area (TPSA) is 36.5 Å². The lowest BCUT2D eigenvalue weighted by atomic mass is 10.1. The molecule has 2 aliphatic heterocycles. The van der Waals surface area contributed by atoms with Crippen molar-refractivity contribution in [3.05, 3.63) is 0 Å². The van der Waals surface area contributed by atoms with E-state index in [2.05, 4.69) is 15.5 Å². The van der Waals surface area contributed by atoms with Gasteiger partial charge in [-0.1, -0.05) is 6.42 Å². The van der Waals surface area contributed by atoms with Crippen LogP contribution in [-0.2, 0) is 4.74 Å². The summed E-state index contributed by atoms with van der Waals surface area (Å²) in [5, 5.41) is 7.12. The Hall–Kier alpha value is -0.160. The van der Waals surface area contributed by atoms with Gasteiger partial charge in [-0.2, -0.15) is 0 Å². The van der Waals surface area contributed by atoms with E-state index < -0.39 is 0 Å². The van der Waals surface area contributed by atoms with Gasteiger partial charge in [0, 0.05) is 38.8 Å². The van der Waals surface area contributed by atoms with Gasteiger partial charge in [-0.25, -0.2) is 0 Å². The highest BCUT2D eigenvalue weighted by Crippen LogP contribution is 2.05. The fourth-order valence-electron chi connectivity index (χ4n) is 2.44. The van der Waals surface area contributed by atoms with Gasteiger partial charge >= 0.3 is 0 Å². The highest BCUT2D eigenvalue weighted by Gasteiger charge is 2.12. The molecule has 94 valence electrons. The second kappa shape index (κ2) is 7.22. The second-order valence-electron chi connectivity index (χ2n) is 4.80. The molecule has 2 rings (SSSR count). The first-order valence-electron chi connectivity index (χ1n) is 6.69. The van der Waals surface area contributed by atoms with Crippen molar-refractivity contribution >= 4 is 0 Å². The van der Waals surface area contributed by atoms with Crippen molar-refractivity contribution < 1.29 is 4.74 Å². The lowest BCUT2D eigenvalue weighted by Gasteiger charge is -2.27. The van der Waals surface area contributed by atoms with E-state index in [1.165, 1.54) is 25.8 Å². The smallest absolute Gasteiger partial charge is 0.0594 e. The fraction of sp³-hybridized carbons (Fsp3) is 1.00. The Labute approximate surface area is 98.7 Å². The Morgan fingerprint density at radius 1 is 1.25 bits per heavy atom. The summed E-state index contributed by atoms with van der Waals surface area (Å²) in [5.74, 6) is 0. The van der Waals surface area contributed by atoms with Gasteiger partial charge in [0.1, 0.15) is 0 Å². The van der Waals surface area contributed by atoms with Gasteiger partial charge in [-0.05, 0) is 19.4 Å². The third-order valence-corrected chi connectivity index (χ3v) is 3.51. The van der Waals surface area contributed by atoms with Crippen LogP contribution < -0.4 is 10.6 Å². The van der Waals surface area contributed by atoms with E-state index in [9.17, 15) is 0 Å². The Morgan fingerprint density at radius 3 is 2.88 bits per heavy atom. The van der Waals surface area contributed by atoms with Gasteiger partial charge in [-0.15, -0.1) is 0 Å². The van der Waals surface area contributed by atoms with Crippen LogP contribution in [0, 0.1) is 0 Å². The largest absolute Gasteiger partial charge is 0.379 e. The predicted octanol–water partition coefficient (Wildman–Crippen LogP) is 0.0503. The van der Waals surface area contributed by atoms with Crippen LogP contribution in [0.1, 0.15) is 19.3 Å². The number of rotatable bonds is 5. The van der Waals surface area contributed by atoms with Gasteiger partial charge in [0.15, 0.2) is 0 Å². The molecule has 1 atom stereocenters. The van der Waals surface area contributed by atoms with E-state index in [0.29, 0.717) is 6.04 Å². The standard InChI is InChI=1S/C12H25N3O/c1-2-4-14-12(3-1)11-13-5-6-15-7-9-16-10-8-15/h12-14H,1-11H2. The molecule has 4 heteroatoms. The summed E-state index contributed by atoms with van der Waals surface area (Å²) >= 11 is 0. The number of ether oxygens (including phenoxy) is 1. The van der Waals surface area contributed by atoms with Crippen LogP contribution in [0.2, 0.25) is 0 Å². The summed E-state index contributed by atoms with van der Waals surface area (Å²) in [7, 11) is 0. The van der Waals surface area contributed by atoms with Crippen molar-refractivity contribution in [2.24, 2.45) is 0 Å². The molecule has 2 fully saturated rings. The molecule has 0 radical (unpaired) electrons. The number of nitrogens with zero attached hydrogens (tertiary/aromatic N) is 1. The molecule has 16 heavy (non-hydrogen) atoms. The van der Waals surface area contributed by atoms with Crippen molar-refractivity contribution in [1.82, 2.24) is 15.5 Å². The van der Waals surface area contributed by atoms with Crippen LogP contribution >= 0.6 is 0 Å². The minimum atomic E-state index is 0.707. The number of piperidine rings is 1. The maximum atomic E-state index is 5.33. The maximum Gasteiger partial charge on any atom is 0.0594 e. The average Bonchev–Trinajstić information content (AvgIpc) is 2.37. The quantitative estimate of drug-likeness (QED) is 0.651. The number of morpholine rings is 1. The number of hydrogen-bond acceptors (Lipinski definition) is 4. The van der Waals surface area contributed by atoms with E-state index in [1.807, 2.05) is 0 Å². The summed E-state index contributed by atoms with van der Waals surface area (Å²) in [6.07, 6.45) is 4.08. The van der Waals surface area contributed by atoms with Gasteiger partial charge < -0.3 is 15.4 Å². The Morgan fingerprint density at radius 2 is 2.12 bits per heavy atom. The van der Waals surface area contributed by atoms with Crippen LogP contribution in [0.4, 0.5) is 0 Å². The summed E-state index contributed by atoms with van der Waals surface area (Å²) in [6.45, 7) is 8.62. The van der Waals surface area contributed by atoms with E-state index in [4.69, 9.17) is 4.74 Å². The molecule has 0 aromatic rings. The van der Waals surface area contributed by atoms with E-state index in [-0.39, 0.29) is 0 Å². The van der Waals surface area contributed by atoms with E-state index >= 15 is 0 Å². The zero-order valence-corrected chi connectivity index (χ0v) is 10.2. The molecule has 2 N–H and O–H groups in total. The molecule has 0 bridgehead atoms. The molecule has 2 heterocycles. The summed E-state index contributed by atoms with van der Waals surface area (Å²) in [4.78, 5) is 2.48. The minimum Gasteiger partial charge on any atom is -0.379 e. The van der Waals surface area contributed by atoms with E-state index in [1.54, 1.807) is 0 Å². The molecular weight excluding hydrogens is 202 g/mol. The third-order valence-electron chi connectivity index (χ3n) is 3.51. The number of hydrogen-bond donors (Lipinski definition) is 2. The van der Waals surface area contributed by atoms with Crippen molar-refractivity contribution in [3.63, 3.8) is 0 Å². The van der Waals surface area contributed by atoms with E-state index in [0.717, 1.165) is 45.9 Å². The first kappa shape index (κ1) is 12.3. The first-order chi connectivity index (χ1) is 7.95. The molecule has 1 unspecified atom stereocenters. The third kappa shape index (κ3) is 4.37. The highest BCUT2D eigenvalue weighted by molar-refractivity contribution is 4.74. The van der Waals surface area contributed by atoms with Crippen molar-refractivity contribution in [2.45, 2.75) is 25.3 Å². The molecule has 0 amide bonds. The van der Waals surface area contributed by atoms with Crippen LogP contribution in [0.25, 0.3) is 0 Å². The van der Waals surface area contributed by atoms with Crippen LogP contribution in [0.15, 0.2) is 0 Å². The SMILES string of the molecule is C1CCC(CNCCN2CCOCC2)NC1. The van der Waals surface area contributed by atoms with Gasteiger partial charge in [0.25, 0.3) is 0 Å². The molecule has 0 saturated carbocycles. The first-order valence-corrected chi connectivity index (χ1v) is 6.69. The number of nitrogens with one attached hydrogen (secondary N) is 2. The minimum absolute atomic E-state index is 0.707. The molecule has 0 spiro atoms. The molecule has 0 aliphatic carbocycles. The van der Waals surface area contributed by atoms with Crippen LogP contribution in [0.5, 0.6) is 0 Å². The summed E-state index contributed by atoms with van der Waals surface area (Å²) in [5.41, 5.74) is 0. The second-order valence-corrected chi connectivity index (χ2v) is 4.80. The Balaban J connectivity index is 1.47. The lowest BCUT2D eigenvalue weighted by molar-refractivity contribution is 0.0384. The fourth-order valence-corrected chi connectivity index (χ4v) is 2.44. The van der Waals surface area contributed by atoms with Crippen LogP contribution in [0.3, 0.4) is 0 Å². The van der Waals surface area contributed by atoms with Crippen molar-refractivity contribution in [2.75, 3.05) is 52.5 Å². The van der Waals surface area contributed by atoms with Crippen LogP contribution in [-0.4, -0.2) is 63.4 Å². The van der Waals surface area contributed by atoms with Crippen molar-refractivity contribution in [3.8, 4) is 0 Å². The lowest BCUT2D eigenvalue weighted by Crippen LogP contribution is -2.45. The molecule has 0 aromatic heterocycles. The molecule has 2 aliphatic rings. The zero-order valence-electron chi connectivity index (χ0n) is 10.2. The molecular formula is C12H25N3O. The normalized spacial score (nSPS) is 28.1. The molecule has 4 nitrogen and oxygen atoms in total. The molecule has 0 aromatic carbocycles. The zero-order chi connectivity index (χ0) is 11.1. The maximum absolute atomic E-state index is 5.33. The summed E-state index contributed by atoms with van der Waals surface area (Å²) < 4.78 is 5.33. The van der Waals surface area contributed by atoms with Gasteiger partial charge in [-0.3, -0.25) is 4.90 Å². The molecule has 2 saturated heterocycles. The Bertz CT molecular complexity index is 157. The highest BCUT2D eigenvalue weighted by atomic mass is 16.5. The summed E-state index contributed by atoms with van der Waals surface area (Å²) in [6, 6.07) is 0.707. The predicted molar refractivity (Wildman–Crippen MR) is 65.8 cm³/mol. The monoisotopic (exact) mass is 227 g/mol. The van der Waals surface area contributed by atoms with Gasteiger partial charge in [0.05, 0.1) is 13.2 Å². The van der Waals surface area contributed by atoms with Gasteiger partial charge in [0.2, 0.25) is 0 Å². The average molecular weight is 227 g/mol. The van der Waals surface area contributed by atoms with Crippen molar-refractivity contribution in [1.29, 1.82) is 0 Å². The Kier molecular flexibility index (Phi) is 5.55.